The summed E-state index contributed by atoms with van der Waals surface area (Å²) < 4.78 is 43.5. The van der Waals surface area contributed by atoms with Gasteiger partial charge in [0.25, 0.3) is 0 Å². The third-order valence-corrected chi connectivity index (χ3v) is 2.56. The summed E-state index contributed by atoms with van der Waals surface area (Å²) >= 11 is 0. The number of rotatable bonds is 7. The SMILES string of the molecule is CCOCCCNC(=O)Cn1nc(C(F)(F)F)cc1C. The van der Waals surface area contributed by atoms with E-state index in [1.807, 2.05) is 6.92 Å². The maximum absolute atomic E-state index is 12.4. The first-order chi connectivity index (χ1) is 9.34. The number of carbonyl (C=O) groups is 1. The van der Waals surface area contributed by atoms with Gasteiger partial charge >= 0.3 is 6.18 Å². The van der Waals surface area contributed by atoms with Crippen LogP contribution in [0.2, 0.25) is 0 Å². The first kappa shape index (κ1) is 16.5. The average Bonchev–Trinajstić information content (AvgIpc) is 2.70. The zero-order valence-electron chi connectivity index (χ0n) is 11.5. The number of hydrogen-bond donors (Lipinski definition) is 1. The first-order valence-corrected chi connectivity index (χ1v) is 6.30. The van der Waals surface area contributed by atoms with Gasteiger partial charge in [0.05, 0.1) is 0 Å². The average molecular weight is 293 g/mol. The molecule has 1 heterocycles. The van der Waals surface area contributed by atoms with Crippen LogP contribution >= 0.6 is 0 Å². The lowest BCUT2D eigenvalue weighted by atomic mass is 10.3. The van der Waals surface area contributed by atoms with E-state index in [1.54, 1.807) is 0 Å². The molecule has 1 amide bonds. The zero-order valence-corrected chi connectivity index (χ0v) is 11.5. The van der Waals surface area contributed by atoms with E-state index < -0.39 is 11.9 Å². The van der Waals surface area contributed by atoms with Crippen molar-refractivity contribution in [2.24, 2.45) is 0 Å². The van der Waals surface area contributed by atoms with Crippen LogP contribution in [0.25, 0.3) is 0 Å². The number of aryl methyl sites for hydroxylation is 1. The van der Waals surface area contributed by atoms with Gasteiger partial charge in [0.2, 0.25) is 5.91 Å². The molecule has 0 aromatic carbocycles. The van der Waals surface area contributed by atoms with Crippen LogP contribution in [-0.2, 0) is 22.3 Å². The molecule has 0 bridgehead atoms. The van der Waals surface area contributed by atoms with Crippen molar-refractivity contribution in [3.05, 3.63) is 17.5 Å². The highest BCUT2D eigenvalue weighted by molar-refractivity contribution is 5.75. The Morgan fingerprint density at radius 2 is 2.20 bits per heavy atom. The molecule has 0 saturated carbocycles. The molecule has 5 nitrogen and oxygen atoms in total. The number of amides is 1. The van der Waals surface area contributed by atoms with Gasteiger partial charge in [0.15, 0.2) is 5.69 Å². The minimum Gasteiger partial charge on any atom is -0.382 e. The second-order valence-corrected chi connectivity index (χ2v) is 4.23. The van der Waals surface area contributed by atoms with Crippen molar-refractivity contribution < 1.29 is 22.7 Å². The summed E-state index contributed by atoms with van der Waals surface area (Å²) in [5.74, 6) is -0.374. The second kappa shape index (κ2) is 7.28. The highest BCUT2D eigenvalue weighted by Gasteiger charge is 2.34. The molecular formula is C12H18F3N3O2. The number of nitrogens with one attached hydrogen (secondary N) is 1. The van der Waals surface area contributed by atoms with Crippen LogP contribution in [0.1, 0.15) is 24.7 Å². The maximum Gasteiger partial charge on any atom is 0.435 e. The second-order valence-electron chi connectivity index (χ2n) is 4.23. The molecule has 0 radical (unpaired) electrons. The minimum absolute atomic E-state index is 0.226. The van der Waals surface area contributed by atoms with Gasteiger partial charge in [-0.05, 0) is 26.3 Å². The largest absolute Gasteiger partial charge is 0.435 e. The van der Waals surface area contributed by atoms with E-state index in [-0.39, 0.29) is 12.5 Å². The van der Waals surface area contributed by atoms with E-state index in [2.05, 4.69) is 10.4 Å². The molecule has 1 rings (SSSR count). The van der Waals surface area contributed by atoms with Crippen LogP contribution in [0.3, 0.4) is 0 Å². The topological polar surface area (TPSA) is 56.1 Å². The van der Waals surface area contributed by atoms with Crippen LogP contribution in [0.15, 0.2) is 6.07 Å². The van der Waals surface area contributed by atoms with Gasteiger partial charge < -0.3 is 10.1 Å². The van der Waals surface area contributed by atoms with E-state index in [0.717, 1.165) is 10.7 Å². The van der Waals surface area contributed by atoms with Crippen molar-refractivity contribution in [1.29, 1.82) is 0 Å². The van der Waals surface area contributed by atoms with Crippen molar-refractivity contribution in [3.63, 3.8) is 0 Å². The fourth-order valence-corrected chi connectivity index (χ4v) is 1.55. The van der Waals surface area contributed by atoms with Gasteiger partial charge in [-0.25, -0.2) is 0 Å². The Kier molecular flexibility index (Phi) is 6.00. The third-order valence-electron chi connectivity index (χ3n) is 2.56. The molecule has 20 heavy (non-hydrogen) atoms. The number of alkyl halides is 3. The van der Waals surface area contributed by atoms with Crippen molar-refractivity contribution >= 4 is 5.91 Å². The monoisotopic (exact) mass is 293 g/mol. The Morgan fingerprint density at radius 3 is 2.75 bits per heavy atom. The predicted octanol–water partition coefficient (Wildman–Crippen LogP) is 1.75. The summed E-state index contributed by atoms with van der Waals surface area (Å²) in [4.78, 5) is 11.6. The molecule has 0 atom stereocenters. The third kappa shape index (κ3) is 5.20. The van der Waals surface area contributed by atoms with Crippen LogP contribution in [0.5, 0.6) is 0 Å². The molecule has 0 aliphatic carbocycles. The zero-order chi connectivity index (χ0) is 15.2. The van der Waals surface area contributed by atoms with E-state index in [4.69, 9.17) is 4.74 Å². The van der Waals surface area contributed by atoms with Crippen LogP contribution < -0.4 is 5.32 Å². The van der Waals surface area contributed by atoms with Gasteiger partial charge in [0, 0.05) is 25.5 Å². The number of carbonyl (C=O) groups excluding carboxylic acids is 1. The van der Waals surface area contributed by atoms with Crippen LogP contribution in [-0.4, -0.2) is 35.4 Å². The molecule has 1 aromatic heterocycles. The molecule has 0 aliphatic heterocycles. The normalized spacial score (nSPS) is 11.7. The Morgan fingerprint density at radius 1 is 1.50 bits per heavy atom. The van der Waals surface area contributed by atoms with Crippen molar-refractivity contribution in [2.45, 2.75) is 33.0 Å². The summed E-state index contributed by atoms with van der Waals surface area (Å²) in [6.45, 7) is 4.69. The maximum atomic E-state index is 12.4. The molecule has 8 heteroatoms. The molecular weight excluding hydrogens is 275 g/mol. The summed E-state index contributed by atoms with van der Waals surface area (Å²) in [6, 6.07) is 0.919. The smallest absolute Gasteiger partial charge is 0.382 e. The molecule has 0 aliphatic rings. The van der Waals surface area contributed by atoms with Gasteiger partial charge in [-0.2, -0.15) is 18.3 Å². The lowest BCUT2D eigenvalue weighted by molar-refractivity contribution is -0.141. The summed E-state index contributed by atoms with van der Waals surface area (Å²) in [6.07, 6.45) is -3.84. The number of ether oxygens (including phenoxy) is 1. The summed E-state index contributed by atoms with van der Waals surface area (Å²) in [7, 11) is 0. The lowest BCUT2D eigenvalue weighted by Gasteiger charge is -2.07. The van der Waals surface area contributed by atoms with Crippen molar-refractivity contribution in [2.75, 3.05) is 19.8 Å². The lowest BCUT2D eigenvalue weighted by Crippen LogP contribution is -2.29. The number of aromatic nitrogens is 2. The Hall–Kier alpha value is -1.57. The number of hydrogen-bond acceptors (Lipinski definition) is 3. The predicted molar refractivity (Wildman–Crippen MR) is 66.1 cm³/mol. The highest BCUT2D eigenvalue weighted by Crippen LogP contribution is 2.28. The Bertz CT molecular complexity index is 444. The molecule has 1 aromatic rings. The Labute approximate surface area is 115 Å². The number of halogens is 3. The highest BCUT2D eigenvalue weighted by atomic mass is 19.4. The Balaban J connectivity index is 2.44. The molecule has 0 spiro atoms. The van der Waals surface area contributed by atoms with Crippen molar-refractivity contribution in [1.82, 2.24) is 15.1 Å². The molecule has 0 fully saturated rings. The van der Waals surface area contributed by atoms with Gasteiger partial charge in [0.1, 0.15) is 6.54 Å². The van der Waals surface area contributed by atoms with E-state index in [0.29, 0.717) is 31.9 Å². The summed E-state index contributed by atoms with van der Waals surface area (Å²) in [5, 5.41) is 5.99. The molecule has 1 N–H and O–H groups in total. The standard InChI is InChI=1S/C12H18F3N3O2/c1-3-20-6-4-5-16-11(19)8-18-9(2)7-10(17-18)12(13,14)15/h7H,3-6,8H2,1-2H3,(H,16,19). The van der Waals surface area contributed by atoms with Gasteiger partial charge in [-0.3, -0.25) is 9.48 Å². The van der Waals surface area contributed by atoms with Crippen LogP contribution in [0, 0.1) is 6.92 Å². The van der Waals surface area contributed by atoms with E-state index >= 15 is 0 Å². The first-order valence-electron chi connectivity index (χ1n) is 6.30. The fourth-order valence-electron chi connectivity index (χ4n) is 1.55. The van der Waals surface area contributed by atoms with Gasteiger partial charge in [-0.1, -0.05) is 0 Å². The summed E-state index contributed by atoms with van der Waals surface area (Å²) in [5.41, 5.74) is -0.694. The molecule has 114 valence electrons. The quantitative estimate of drug-likeness (QED) is 0.779. The molecule has 0 saturated heterocycles. The fraction of sp³-hybridized carbons (Fsp3) is 0.667. The van der Waals surface area contributed by atoms with Crippen molar-refractivity contribution in [3.8, 4) is 0 Å². The van der Waals surface area contributed by atoms with Crippen LogP contribution in [0.4, 0.5) is 13.2 Å². The molecule has 0 unspecified atom stereocenters. The van der Waals surface area contributed by atoms with E-state index in [9.17, 15) is 18.0 Å². The van der Waals surface area contributed by atoms with E-state index in [1.165, 1.54) is 6.92 Å². The van der Waals surface area contributed by atoms with Gasteiger partial charge in [-0.15, -0.1) is 0 Å². The number of nitrogens with zero attached hydrogens (tertiary/aromatic N) is 2. The minimum atomic E-state index is -4.50.